The molecule has 0 aliphatic carbocycles. The Morgan fingerprint density at radius 1 is 1.25 bits per heavy atom. The summed E-state index contributed by atoms with van der Waals surface area (Å²) in [5, 5.41) is 3.03. The van der Waals surface area contributed by atoms with E-state index in [1.165, 1.54) is 0 Å². The molecule has 0 radical (unpaired) electrons. The van der Waals surface area contributed by atoms with Gasteiger partial charge in [-0.25, -0.2) is 0 Å². The highest BCUT2D eigenvalue weighted by Gasteiger charge is 2.07. The molecule has 0 unspecified atom stereocenters. The second kappa shape index (κ2) is 12.2. The van der Waals surface area contributed by atoms with Crippen molar-refractivity contribution in [2.75, 3.05) is 27.3 Å². The normalized spacial score (nSPS) is 10.5. The lowest BCUT2D eigenvalue weighted by molar-refractivity contribution is -0.138. The molecule has 0 fully saturated rings. The van der Waals surface area contributed by atoms with Crippen molar-refractivity contribution in [1.29, 1.82) is 0 Å². The maximum Gasteiger partial charge on any atom is 0.293 e. The lowest BCUT2D eigenvalue weighted by Crippen LogP contribution is -2.17. The summed E-state index contributed by atoms with van der Waals surface area (Å²) in [6.45, 7) is 11.0. The first-order chi connectivity index (χ1) is 11.4. The summed E-state index contributed by atoms with van der Waals surface area (Å²) >= 11 is 0. The van der Waals surface area contributed by atoms with E-state index in [-0.39, 0.29) is 5.60 Å². The molecule has 1 aromatic carbocycles. The molecule has 0 heterocycles. The van der Waals surface area contributed by atoms with Gasteiger partial charge in [-0.1, -0.05) is 30.9 Å². The molecule has 0 aromatic heterocycles. The highest BCUT2D eigenvalue weighted by Crippen LogP contribution is 2.28. The van der Waals surface area contributed by atoms with Gasteiger partial charge in [0.25, 0.3) is 6.47 Å². The molecule has 0 amide bonds. The number of likely N-dealkylation sites (N-methyl/N-ethyl adjacent to an activating group) is 1. The fraction of sp³-hybridized carbons (Fsp3) is 0.421. The maximum absolute atomic E-state index is 9.60. The zero-order chi connectivity index (χ0) is 18.4. The first-order valence-electron chi connectivity index (χ1n) is 7.74. The Morgan fingerprint density at radius 3 is 2.42 bits per heavy atom. The van der Waals surface area contributed by atoms with Crippen LogP contribution < -0.4 is 14.8 Å². The van der Waals surface area contributed by atoms with Gasteiger partial charge in [-0.15, -0.1) is 0 Å². The molecule has 0 aliphatic rings. The fourth-order valence-electron chi connectivity index (χ4n) is 1.49. The van der Waals surface area contributed by atoms with E-state index in [0.717, 1.165) is 23.6 Å². The third-order valence-corrected chi connectivity index (χ3v) is 2.62. The largest absolute Gasteiger partial charge is 0.493 e. The molecule has 134 valence electrons. The van der Waals surface area contributed by atoms with Crippen LogP contribution in [0.15, 0.2) is 36.9 Å². The van der Waals surface area contributed by atoms with Crippen LogP contribution in [-0.4, -0.2) is 39.4 Å². The molecule has 1 rings (SSSR count). The van der Waals surface area contributed by atoms with Crippen molar-refractivity contribution in [3.8, 4) is 11.5 Å². The molecule has 0 saturated carbocycles. The van der Waals surface area contributed by atoms with Crippen molar-refractivity contribution in [2.45, 2.75) is 26.4 Å². The molecule has 5 nitrogen and oxygen atoms in total. The molecule has 0 bridgehead atoms. The van der Waals surface area contributed by atoms with Crippen molar-refractivity contribution in [3.05, 3.63) is 42.5 Å². The van der Waals surface area contributed by atoms with Crippen LogP contribution >= 0.6 is 0 Å². The molecule has 1 N–H and O–H groups in total. The van der Waals surface area contributed by atoms with E-state index >= 15 is 0 Å². The summed E-state index contributed by atoms with van der Waals surface area (Å²) < 4.78 is 15.4. The van der Waals surface area contributed by atoms with E-state index in [9.17, 15) is 4.79 Å². The number of allylic oxidation sites excluding steroid dienone is 2. The molecule has 0 atom stereocenters. The fourth-order valence-corrected chi connectivity index (χ4v) is 1.49. The second-order valence-corrected chi connectivity index (χ2v) is 5.78. The van der Waals surface area contributed by atoms with Gasteiger partial charge in [-0.3, -0.25) is 4.79 Å². The summed E-state index contributed by atoms with van der Waals surface area (Å²) in [6.07, 6.45) is 5.59. The van der Waals surface area contributed by atoms with Crippen LogP contribution in [0.3, 0.4) is 0 Å². The third-order valence-electron chi connectivity index (χ3n) is 2.62. The molecule has 0 aliphatic heterocycles. The molecular weight excluding hydrogens is 306 g/mol. The zero-order valence-corrected chi connectivity index (χ0v) is 15.3. The monoisotopic (exact) mass is 335 g/mol. The van der Waals surface area contributed by atoms with Gasteiger partial charge in [0, 0.05) is 6.54 Å². The van der Waals surface area contributed by atoms with Gasteiger partial charge in [-0.2, -0.15) is 0 Å². The Hall–Kier alpha value is -2.27. The smallest absolute Gasteiger partial charge is 0.293 e. The summed E-state index contributed by atoms with van der Waals surface area (Å²) in [5.74, 6) is 1.51. The standard InChI is InChI=1S/C14H19NO2.C5H10O2/c1-4-5-6-12-7-8-13(14(11-12)16-3)17-10-9-15-2;1-5(2,3)7-4-6/h4-8,11,15H,1,9-10H2,2-3H3;4H,1-3H3/b6-5+;. The Labute approximate surface area is 145 Å². The molecular formula is C19H29NO4. The van der Waals surface area contributed by atoms with Gasteiger partial charge in [0.2, 0.25) is 0 Å². The third kappa shape index (κ3) is 10.5. The summed E-state index contributed by atoms with van der Waals surface area (Å²) in [7, 11) is 3.53. The minimum Gasteiger partial charge on any atom is -0.493 e. The van der Waals surface area contributed by atoms with Crippen molar-refractivity contribution in [1.82, 2.24) is 5.32 Å². The number of benzene rings is 1. The van der Waals surface area contributed by atoms with Crippen molar-refractivity contribution in [3.63, 3.8) is 0 Å². The SMILES string of the molecule is C=C/C=C/c1ccc(OCCNC)c(OC)c1.CC(C)(C)OC=O. The average Bonchev–Trinajstić information content (AvgIpc) is 2.53. The Morgan fingerprint density at radius 2 is 1.96 bits per heavy atom. The summed E-state index contributed by atoms with van der Waals surface area (Å²) in [5.41, 5.74) is 0.740. The maximum atomic E-state index is 9.60. The summed E-state index contributed by atoms with van der Waals surface area (Å²) in [4.78, 5) is 9.60. The zero-order valence-electron chi connectivity index (χ0n) is 15.3. The van der Waals surface area contributed by atoms with Gasteiger partial charge >= 0.3 is 0 Å². The predicted molar refractivity (Wildman–Crippen MR) is 98.5 cm³/mol. The molecule has 0 spiro atoms. The van der Waals surface area contributed by atoms with E-state index in [2.05, 4.69) is 16.6 Å². The number of methoxy groups -OCH3 is 1. The number of hydrogen-bond donors (Lipinski definition) is 1. The van der Waals surface area contributed by atoms with E-state index < -0.39 is 0 Å². The number of carbonyl (C=O) groups is 1. The van der Waals surface area contributed by atoms with Crippen molar-refractivity contribution >= 4 is 12.5 Å². The number of rotatable bonds is 8. The van der Waals surface area contributed by atoms with Crippen LogP contribution in [0.4, 0.5) is 0 Å². The van der Waals surface area contributed by atoms with E-state index in [4.69, 9.17) is 9.47 Å². The minimum atomic E-state index is -0.318. The topological polar surface area (TPSA) is 56.8 Å². The molecule has 0 saturated heterocycles. The van der Waals surface area contributed by atoms with E-state index in [0.29, 0.717) is 13.1 Å². The van der Waals surface area contributed by atoms with Crippen LogP contribution in [0.25, 0.3) is 6.08 Å². The molecule has 5 heteroatoms. The Bertz CT molecular complexity index is 519. The van der Waals surface area contributed by atoms with Gasteiger partial charge in [0.05, 0.1) is 7.11 Å². The van der Waals surface area contributed by atoms with Crippen LogP contribution in [-0.2, 0) is 9.53 Å². The molecule has 24 heavy (non-hydrogen) atoms. The Kier molecular flexibility index (Phi) is 11.0. The van der Waals surface area contributed by atoms with Gasteiger partial charge in [0.15, 0.2) is 11.5 Å². The number of hydrogen-bond acceptors (Lipinski definition) is 5. The first-order valence-corrected chi connectivity index (χ1v) is 7.74. The van der Waals surface area contributed by atoms with Crippen molar-refractivity contribution in [2.24, 2.45) is 0 Å². The van der Waals surface area contributed by atoms with E-state index in [1.807, 2.05) is 58.2 Å². The van der Waals surface area contributed by atoms with Crippen LogP contribution in [0, 0.1) is 0 Å². The molecule has 1 aromatic rings. The first kappa shape index (κ1) is 21.7. The Balaban J connectivity index is 0.000000640. The lowest BCUT2D eigenvalue weighted by atomic mass is 10.2. The predicted octanol–water partition coefficient (Wildman–Crippen LogP) is 3.45. The van der Waals surface area contributed by atoms with Crippen LogP contribution in [0.5, 0.6) is 11.5 Å². The number of carbonyl (C=O) groups excluding carboxylic acids is 1. The highest BCUT2D eigenvalue weighted by molar-refractivity contribution is 5.56. The van der Waals surface area contributed by atoms with Gasteiger partial charge in [0.1, 0.15) is 12.2 Å². The van der Waals surface area contributed by atoms with Gasteiger partial charge in [-0.05, 0) is 45.5 Å². The quantitative estimate of drug-likeness (QED) is 0.448. The van der Waals surface area contributed by atoms with Gasteiger partial charge < -0.3 is 19.5 Å². The second-order valence-electron chi connectivity index (χ2n) is 5.78. The highest BCUT2D eigenvalue weighted by atomic mass is 16.5. The minimum absolute atomic E-state index is 0.318. The summed E-state index contributed by atoms with van der Waals surface area (Å²) in [6, 6.07) is 5.84. The van der Waals surface area contributed by atoms with E-state index in [1.54, 1.807) is 13.2 Å². The number of nitrogens with one attached hydrogen (secondary N) is 1. The van der Waals surface area contributed by atoms with Crippen LogP contribution in [0.1, 0.15) is 26.3 Å². The van der Waals surface area contributed by atoms with Crippen LogP contribution in [0.2, 0.25) is 0 Å². The van der Waals surface area contributed by atoms with Crippen molar-refractivity contribution < 1.29 is 19.0 Å². The average molecular weight is 335 g/mol. The number of ether oxygens (including phenoxy) is 3. The lowest BCUT2D eigenvalue weighted by Gasteiger charge is -2.14.